The van der Waals surface area contributed by atoms with Gasteiger partial charge in [0.25, 0.3) is 0 Å². The lowest BCUT2D eigenvalue weighted by atomic mass is 10.2. The third-order valence-electron chi connectivity index (χ3n) is 3.86. The molecule has 0 saturated carbocycles. The zero-order valence-electron chi connectivity index (χ0n) is 13.9. The summed E-state index contributed by atoms with van der Waals surface area (Å²) in [7, 11) is 1.65. The monoisotopic (exact) mass is 366 g/mol. The van der Waals surface area contributed by atoms with E-state index in [1.165, 1.54) is 0 Å². The summed E-state index contributed by atoms with van der Waals surface area (Å²) in [5, 5.41) is 7.89. The van der Waals surface area contributed by atoms with Crippen molar-refractivity contribution in [3.8, 4) is 17.1 Å². The van der Waals surface area contributed by atoms with Crippen LogP contribution in [0.25, 0.3) is 17.0 Å². The number of halogens is 1. The quantitative estimate of drug-likeness (QED) is 0.583. The van der Waals surface area contributed by atoms with Crippen LogP contribution in [0, 0.1) is 0 Å². The number of ether oxygens (including phenoxy) is 1. The molecule has 4 aromatic rings. The van der Waals surface area contributed by atoms with E-state index in [4.69, 9.17) is 16.3 Å². The number of hydrogen-bond acceptors (Lipinski definition) is 6. The van der Waals surface area contributed by atoms with E-state index < -0.39 is 0 Å². The first kappa shape index (κ1) is 16.3. The number of fused-ring (bicyclic) bond motifs is 1. The van der Waals surface area contributed by atoms with Gasteiger partial charge in [0.2, 0.25) is 5.95 Å². The van der Waals surface area contributed by atoms with E-state index in [0.29, 0.717) is 29.0 Å². The second-order valence-corrected chi connectivity index (χ2v) is 5.92. The van der Waals surface area contributed by atoms with E-state index in [9.17, 15) is 0 Å². The summed E-state index contributed by atoms with van der Waals surface area (Å²) in [6.45, 7) is 0.602. The summed E-state index contributed by atoms with van der Waals surface area (Å²) in [6.07, 6.45) is 3.41. The number of methoxy groups -OCH3 is 1. The smallest absolute Gasteiger partial charge is 0.223 e. The normalized spacial score (nSPS) is 10.8. The molecule has 0 radical (unpaired) electrons. The second kappa shape index (κ2) is 6.97. The molecule has 0 atom stereocenters. The standard InChI is InChI=1S/C18H15ClN6O/c1-26-13-4-2-12(3-5-13)10-22-18-20-9-8-14(23-18)15-11-21-17-7-6-16(19)24-25(15)17/h2-9,11H,10H2,1H3,(H,20,22,23). The molecular formula is C18H15ClN6O. The van der Waals surface area contributed by atoms with E-state index in [1.54, 1.807) is 30.1 Å². The molecule has 8 heteroatoms. The zero-order chi connectivity index (χ0) is 17.9. The van der Waals surface area contributed by atoms with Crippen LogP contribution < -0.4 is 10.1 Å². The fraction of sp³-hybridized carbons (Fsp3) is 0.111. The van der Waals surface area contributed by atoms with Gasteiger partial charge in [-0.15, -0.1) is 0 Å². The largest absolute Gasteiger partial charge is 0.497 e. The highest BCUT2D eigenvalue weighted by Gasteiger charge is 2.10. The van der Waals surface area contributed by atoms with Gasteiger partial charge >= 0.3 is 0 Å². The number of nitrogens with zero attached hydrogens (tertiary/aromatic N) is 5. The Morgan fingerprint density at radius 1 is 1.08 bits per heavy atom. The van der Waals surface area contributed by atoms with Gasteiger partial charge in [0.15, 0.2) is 5.65 Å². The van der Waals surface area contributed by atoms with Crippen molar-refractivity contribution >= 4 is 23.2 Å². The predicted molar refractivity (Wildman–Crippen MR) is 99.3 cm³/mol. The van der Waals surface area contributed by atoms with Crippen molar-refractivity contribution in [2.45, 2.75) is 6.54 Å². The summed E-state index contributed by atoms with van der Waals surface area (Å²) < 4.78 is 6.83. The molecule has 3 aromatic heterocycles. The molecular weight excluding hydrogens is 352 g/mol. The highest BCUT2D eigenvalue weighted by Crippen LogP contribution is 2.20. The van der Waals surface area contributed by atoms with E-state index in [-0.39, 0.29) is 0 Å². The highest BCUT2D eigenvalue weighted by molar-refractivity contribution is 6.29. The molecule has 0 aliphatic carbocycles. The van der Waals surface area contributed by atoms with Gasteiger partial charge in [-0.25, -0.2) is 19.5 Å². The van der Waals surface area contributed by atoms with Crippen LogP contribution in [0.3, 0.4) is 0 Å². The average molecular weight is 367 g/mol. The molecule has 0 saturated heterocycles. The summed E-state index contributed by atoms with van der Waals surface area (Å²) in [5.74, 6) is 1.35. The van der Waals surface area contributed by atoms with Crippen LogP contribution >= 0.6 is 11.6 Å². The first-order valence-corrected chi connectivity index (χ1v) is 8.31. The molecule has 130 valence electrons. The number of rotatable bonds is 5. The molecule has 7 nitrogen and oxygen atoms in total. The van der Waals surface area contributed by atoms with Crippen molar-refractivity contribution in [1.29, 1.82) is 0 Å². The highest BCUT2D eigenvalue weighted by atomic mass is 35.5. The van der Waals surface area contributed by atoms with Gasteiger partial charge in [-0.1, -0.05) is 23.7 Å². The Hall–Kier alpha value is -3.19. The maximum atomic E-state index is 5.99. The molecule has 3 heterocycles. The first-order chi connectivity index (χ1) is 12.7. The third-order valence-corrected chi connectivity index (χ3v) is 4.06. The molecule has 0 amide bonds. The van der Waals surface area contributed by atoms with Gasteiger partial charge < -0.3 is 10.1 Å². The van der Waals surface area contributed by atoms with Crippen LogP contribution in [0.15, 0.2) is 54.9 Å². The minimum absolute atomic E-state index is 0.392. The lowest BCUT2D eigenvalue weighted by molar-refractivity contribution is 0.414. The maximum Gasteiger partial charge on any atom is 0.223 e. The maximum absolute atomic E-state index is 5.99. The Labute approximate surface area is 154 Å². The van der Waals surface area contributed by atoms with E-state index in [2.05, 4.69) is 25.4 Å². The van der Waals surface area contributed by atoms with Gasteiger partial charge in [-0.3, -0.25) is 0 Å². The van der Waals surface area contributed by atoms with Gasteiger partial charge in [0.1, 0.15) is 16.6 Å². The predicted octanol–water partition coefficient (Wildman–Crippen LogP) is 3.46. The van der Waals surface area contributed by atoms with E-state index >= 15 is 0 Å². The molecule has 0 aliphatic rings. The summed E-state index contributed by atoms with van der Waals surface area (Å²) >= 11 is 5.99. The van der Waals surface area contributed by atoms with Crippen molar-refractivity contribution in [2.75, 3.05) is 12.4 Å². The number of hydrogen-bond donors (Lipinski definition) is 1. The first-order valence-electron chi connectivity index (χ1n) is 7.93. The Bertz CT molecular complexity index is 1050. The molecule has 0 unspecified atom stereocenters. The lowest BCUT2D eigenvalue weighted by Gasteiger charge is -2.07. The van der Waals surface area contributed by atoms with Crippen LogP contribution in [0.1, 0.15) is 5.56 Å². The minimum Gasteiger partial charge on any atom is -0.497 e. The number of benzene rings is 1. The zero-order valence-corrected chi connectivity index (χ0v) is 14.7. The van der Waals surface area contributed by atoms with E-state index in [1.807, 2.05) is 36.4 Å². The van der Waals surface area contributed by atoms with Crippen molar-refractivity contribution < 1.29 is 4.74 Å². The summed E-state index contributed by atoms with van der Waals surface area (Å²) in [4.78, 5) is 13.2. The van der Waals surface area contributed by atoms with Crippen LogP contribution in [0.5, 0.6) is 5.75 Å². The van der Waals surface area contributed by atoms with Crippen LogP contribution in [-0.2, 0) is 6.54 Å². The van der Waals surface area contributed by atoms with Gasteiger partial charge in [0, 0.05) is 12.7 Å². The molecule has 0 bridgehead atoms. The molecule has 1 N–H and O–H groups in total. The topological polar surface area (TPSA) is 77.2 Å². The molecule has 1 aromatic carbocycles. The molecule has 0 fully saturated rings. The molecule has 4 rings (SSSR count). The van der Waals surface area contributed by atoms with Crippen LogP contribution in [0.2, 0.25) is 5.15 Å². The van der Waals surface area contributed by atoms with Gasteiger partial charge in [0.05, 0.1) is 19.0 Å². The Morgan fingerprint density at radius 2 is 1.92 bits per heavy atom. The fourth-order valence-corrected chi connectivity index (χ4v) is 2.68. The second-order valence-electron chi connectivity index (χ2n) is 5.54. The van der Waals surface area contributed by atoms with E-state index in [0.717, 1.165) is 17.0 Å². The SMILES string of the molecule is COc1ccc(CNc2nccc(-c3cnc4ccc(Cl)nn34)n2)cc1. The van der Waals surface area contributed by atoms with Crippen LogP contribution in [-0.4, -0.2) is 31.7 Å². The Kier molecular flexibility index (Phi) is 4.37. The van der Waals surface area contributed by atoms with Gasteiger partial charge in [-0.05, 0) is 35.9 Å². The number of nitrogens with one attached hydrogen (secondary N) is 1. The fourth-order valence-electron chi connectivity index (χ4n) is 2.54. The Balaban J connectivity index is 1.56. The summed E-state index contributed by atoms with van der Waals surface area (Å²) in [5.41, 5.74) is 3.26. The van der Waals surface area contributed by atoms with Crippen molar-refractivity contribution in [1.82, 2.24) is 24.6 Å². The molecule has 0 aliphatic heterocycles. The van der Waals surface area contributed by atoms with Crippen molar-refractivity contribution in [3.63, 3.8) is 0 Å². The third kappa shape index (κ3) is 3.29. The number of anilines is 1. The lowest BCUT2D eigenvalue weighted by Crippen LogP contribution is -2.04. The molecule has 0 spiro atoms. The number of imidazole rings is 1. The Morgan fingerprint density at radius 3 is 2.73 bits per heavy atom. The minimum atomic E-state index is 0.392. The van der Waals surface area contributed by atoms with Crippen LogP contribution in [0.4, 0.5) is 5.95 Å². The summed E-state index contributed by atoms with van der Waals surface area (Å²) in [6, 6.07) is 13.1. The number of aromatic nitrogens is 5. The average Bonchev–Trinajstić information content (AvgIpc) is 3.10. The molecule has 26 heavy (non-hydrogen) atoms. The van der Waals surface area contributed by atoms with Crippen molar-refractivity contribution in [2.24, 2.45) is 0 Å². The van der Waals surface area contributed by atoms with Gasteiger partial charge in [-0.2, -0.15) is 5.10 Å². The van der Waals surface area contributed by atoms with Crippen molar-refractivity contribution in [3.05, 3.63) is 65.6 Å².